The van der Waals surface area contributed by atoms with Crippen LogP contribution in [-0.4, -0.2) is 18.4 Å². The molecule has 0 aromatic heterocycles. The van der Waals surface area contributed by atoms with E-state index in [2.05, 4.69) is 43.8 Å². The van der Waals surface area contributed by atoms with Crippen LogP contribution in [0.4, 0.5) is 0 Å². The number of rotatable bonds is 4. The predicted octanol–water partition coefficient (Wildman–Crippen LogP) is 6.70. The zero-order chi connectivity index (χ0) is 23.1. The Morgan fingerprint density at radius 3 is 1.97 bits per heavy atom. The van der Waals surface area contributed by atoms with E-state index in [-0.39, 0.29) is 0 Å². The van der Waals surface area contributed by atoms with E-state index in [0.717, 1.165) is 35.8 Å². The lowest BCUT2D eigenvalue weighted by Crippen LogP contribution is -2.14. The summed E-state index contributed by atoms with van der Waals surface area (Å²) in [4.78, 5) is 11.1. The molecule has 0 aliphatic heterocycles. The quantitative estimate of drug-likeness (QED) is 0.455. The van der Waals surface area contributed by atoms with Crippen LogP contribution in [0.3, 0.4) is 0 Å². The van der Waals surface area contributed by atoms with Gasteiger partial charge in [-0.3, -0.25) is 4.79 Å². The van der Waals surface area contributed by atoms with E-state index in [1.165, 1.54) is 30.2 Å². The molecule has 3 N–H and O–H groups in total. The highest BCUT2D eigenvalue weighted by molar-refractivity contribution is 5.84. The van der Waals surface area contributed by atoms with E-state index in [1.807, 2.05) is 36.4 Å². The predicted molar refractivity (Wildman–Crippen MR) is 134 cm³/mol. The van der Waals surface area contributed by atoms with Crippen molar-refractivity contribution >= 4 is 11.9 Å². The second-order valence-corrected chi connectivity index (χ2v) is 8.70. The van der Waals surface area contributed by atoms with Gasteiger partial charge in [0.1, 0.15) is 12.0 Å². The summed E-state index contributed by atoms with van der Waals surface area (Å²) in [5, 5.41) is 9.77. The Morgan fingerprint density at radius 2 is 1.41 bits per heavy atom. The molecule has 3 heteroatoms. The Balaban J connectivity index is 0.00000141. The van der Waals surface area contributed by atoms with Crippen molar-refractivity contribution in [2.24, 2.45) is 17.6 Å². The molecular formula is C29H33NO2. The van der Waals surface area contributed by atoms with Crippen LogP contribution in [0.1, 0.15) is 54.6 Å². The summed E-state index contributed by atoms with van der Waals surface area (Å²) in [6.45, 7) is 4.68. The summed E-state index contributed by atoms with van der Waals surface area (Å²) in [6, 6.07) is 23.9. The normalized spacial score (nSPS) is 17.8. The highest BCUT2D eigenvalue weighted by Gasteiger charge is 2.23. The molecule has 1 aliphatic carbocycles. The van der Waals surface area contributed by atoms with Gasteiger partial charge in [-0.1, -0.05) is 74.0 Å². The first kappa shape index (κ1) is 23.5. The topological polar surface area (TPSA) is 63.3 Å². The van der Waals surface area contributed by atoms with Crippen molar-refractivity contribution in [3.05, 3.63) is 95.1 Å². The summed E-state index contributed by atoms with van der Waals surface area (Å²) >= 11 is 0. The fourth-order valence-electron chi connectivity index (χ4n) is 4.81. The van der Waals surface area contributed by atoms with Gasteiger partial charge < -0.3 is 10.8 Å². The average Bonchev–Trinajstić information content (AvgIpc) is 2.82. The minimum absolute atomic E-state index is 0.291. The van der Waals surface area contributed by atoms with Gasteiger partial charge in [-0.05, 0) is 84.2 Å². The Hall–Kier alpha value is -3.17. The van der Waals surface area contributed by atoms with Gasteiger partial charge in [0.15, 0.2) is 0 Å². The van der Waals surface area contributed by atoms with Gasteiger partial charge in [0.2, 0.25) is 0 Å². The molecule has 2 atom stereocenters. The number of benzene rings is 3. The van der Waals surface area contributed by atoms with Crippen LogP contribution in [-0.2, 0) is 0 Å². The Morgan fingerprint density at radius 1 is 0.844 bits per heavy atom. The molecule has 32 heavy (non-hydrogen) atoms. The van der Waals surface area contributed by atoms with Crippen molar-refractivity contribution in [3.63, 3.8) is 0 Å². The van der Waals surface area contributed by atoms with Gasteiger partial charge in [0, 0.05) is 5.56 Å². The van der Waals surface area contributed by atoms with Crippen molar-refractivity contribution in [3.8, 4) is 16.9 Å². The van der Waals surface area contributed by atoms with E-state index in [4.69, 9.17) is 0 Å². The number of aldehydes is 1. The van der Waals surface area contributed by atoms with E-state index >= 15 is 0 Å². The molecule has 0 radical (unpaired) electrons. The number of nitrogens with two attached hydrogens (primary N) is 1. The lowest BCUT2D eigenvalue weighted by atomic mass is 9.76. The molecule has 166 valence electrons. The van der Waals surface area contributed by atoms with Crippen LogP contribution >= 0.6 is 0 Å². The number of carbonyl (C=O) groups is 1. The van der Waals surface area contributed by atoms with Crippen molar-refractivity contribution in [1.29, 1.82) is 0 Å². The zero-order valence-corrected chi connectivity index (χ0v) is 19.2. The van der Waals surface area contributed by atoms with Crippen LogP contribution in [0.5, 0.6) is 5.75 Å². The first-order valence-electron chi connectivity index (χ1n) is 11.3. The van der Waals surface area contributed by atoms with Crippen molar-refractivity contribution < 1.29 is 9.90 Å². The Kier molecular flexibility index (Phi) is 8.02. The minimum atomic E-state index is 0.291. The SMILES string of the molecule is CC1CC(=C(c2ccc(O)cc2)c2ccc(-c3cccc(C=O)c3)cc2)CC(C)C1.CN. The average molecular weight is 428 g/mol. The Bertz CT molecular complexity index is 1050. The maximum Gasteiger partial charge on any atom is 0.150 e. The third-order valence-electron chi connectivity index (χ3n) is 6.03. The first-order chi connectivity index (χ1) is 15.5. The largest absolute Gasteiger partial charge is 0.508 e. The van der Waals surface area contributed by atoms with Crippen molar-refractivity contribution in [2.75, 3.05) is 7.05 Å². The molecule has 2 unspecified atom stereocenters. The monoisotopic (exact) mass is 427 g/mol. The number of hydrogen-bond acceptors (Lipinski definition) is 3. The van der Waals surface area contributed by atoms with Gasteiger partial charge in [0.25, 0.3) is 0 Å². The maximum absolute atomic E-state index is 11.1. The highest BCUT2D eigenvalue weighted by atomic mass is 16.3. The minimum Gasteiger partial charge on any atom is -0.508 e. The molecule has 0 saturated heterocycles. The van der Waals surface area contributed by atoms with Crippen LogP contribution in [0.15, 0.2) is 78.4 Å². The second kappa shape index (κ2) is 10.9. The fraction of sp³-hybridized carbons (Fsp3) is 0.276. The van der Waals surface area contributed by atoms with E-state index in [0.29, 0.717) is 23.1 Å². The summed E-state index contributed by atoms with van der Waals surface area (Å²) in [7, 11) is 1.50. The lowest BCUT2D eigenvalue weighted by molar-refractivity contribution is 0.112. The molecule has 0 amide bonds. The molecule has 3 nitrogen and oxygen atoms in total. The number of aromatic hydroxyl groups is 1. The Labute approximate surface area is 191 Å². The van der Waals surface area contributed by atoms with Crippen molar-refractivity contribution in [2.45, 2.75) is 33.1 Å². The summed E-state index contributed by atoms with van der Waals surface area (Å²) in [5.41, 5.74) is 12.5. The van der Waals surface area contributed by atoms with Crippen LogP contribution in [0.2, 0.25) is 0 Å². The summed E-state index contributed by atoms with van der Waals surface area (Å²) in [6.07, 6.45) is 4.39. The fourth-order valence-corrected chi connectivity index (χ4v) is 4.81. The van der Waals surface area contributed by atoms with E-state index in [9.17, 15) is 9.90 Å². The third-order valence-corrected chi connectivity index (χ3v) is 6.03. The first-order valence-corrected chi connectivity index (χ1v) is 11.3. The second-order valence-electron chi connectivity index (χ2n) is 8.70. The van der Waals surface area contributed by atoms with Gasteiger partial charge >= 0.3 is 0 Å². The number of phenols is 1. The molecule has 1 fully saturated rings. The molecule has 1 aliphatic rings. The van der Waals surface area contributed by atoms with Crippen LogP contribution in [0, 0.1) is 11.8 Å². The number of hydrogen-bond donors (Lipinski definition) is 2. The van der Waals surface area contributed by atoms with E-state index in [1.54, 1.807) is 12.1 Å². The molecule has 4 rings (SSSR count). The molecule has 0 heterocycles. The molecule has 1 saturated carbocycles. The summed E-state index contributed by atoms with van der Waals surface area (Å²) < 4.78 is 0. The zero-order valence-electron chi connectivity index (χ0n) is 19.2. The van der Waals surface area contributed by atoms with Crippen LogP contribution < -0.4 is 5.73 Å². The van der Waals surface area contributed by atoms with Gasteiger partial charge in [-0.25, -0.2) is 0 Å². The molecule has 3 aromatic carbocycles. The smallest absolute Gasteiger partial charge is 0.150 e. The molecule has 0 spiro atoms. The molecular weight excluding hydrogens is 394 g/mol. The van der Waals surface area contributed by atoms with Gasteiger partial charge in [-0.2, -0.15) is 0 Å². The third kappa shape index (κ3) is 5.54. The highest BCUT2D eigenvalue weighted by Crippen LogP contribution is 2.40. The van der Waals surface area contributed by atoms with Gasteiger partial charge in [0.05, 0.1) is 0 Å². The van der Waals surface area contributed by atoms with Crippen LogP contribution in [0.25, 0.3) is 16.7 Å². The number of allylic oxidation sites excluding steroid dienone is 1. The van der Waals surface area contributed by atoms with Crippen molar-refractivity contribution in [1.82, 2.24) is 0 Å². The van der Waals surface area contributed by atoms with E-state index < -0.39 is 0 Å². The number of carbonyl (C=O) groups excluding carboxylic acids is 1. The lowest BCUT2D eigenvalue weighted by Gasteiger charge is -2.29. The maximum atomic E-state index is 11.1. The summed E-state index contributed by atoms with van der Waals surface area (Å²) in [5.74, 6) is 1.65. The number of phenolic OH excluding ortho intramolecular Hbond substituents is 1. The molecule has 0 bridgehead atoms. The standard InChI is InChI=1S/C28H28O2.CH5N/c1-19-14-20(2)16-26(15-19)28(24-10-12-27(30)13-11-24)23-8-6-22(7-9-23)25-5-3-4-21(17-25)18-29;1-2/h3-13,17-20,30H,14-16H2,1-2H3;2H2,1H3. The van der Waals surface area contributed by atoms with Gasteiger partial charge in [-0.15, -0.1) is 0 Å². The molecule has 3 aromatic rings.